The molecule has 6 rings (SSSR count). The van der Waals surface area contributed by atoms with E-state index in [1.807, 2.05) is 45.9 Å². The second-order valence-electron chi connectivity index (χ2n) is 13.1. The topological polar surface area (TPSA) is 196 Å². The molecule has 3 aliphatic heterocycles. The Morgan fingerprint density at radius 2 is 1.65 bits per heavy atom. The molecule has 13 heteroatoms. The maximum absolute atomic E-state index is 13.0. The molecule has 0 spiro atoms. The van der Waals surface area contributed by atoms with Crippen molar-refractivity contribution >= 4 is 62.9 Å². The Morgan fingerprint density at radius 1 is 0.961 bits per heavy atom. The number of amides is 2. The molecule has 4 N–H and O–H groups in total. The van der Waals surface area contributed by atoms with Crippen molar-refractivity contribution in [2.45, 2.75) is 85.0 Å². The Morgan fingerprint density at radius 3 is 2.27 bits per heavy atom. The number of hydrogen-bond acceptors (Lipinski definition) is 8. The average molecular weight is 694 g/mol. The Balaban J connectivity index is 1.66. The first-order valence-electron chi connectivity index (χ1n) is 16.8. The Bertz CT molecular complexity index is 2240. The van der Waals surface area contributed by atoms with Crippen LogP contribution in [0.15, 0.2) is 30.9 Å². The number of aromatic amines is 2. The largest absolute Gasteiger partial charge is 0.481 e. The molecule has 13 nitrogen and oxygen atoms in total. The van der Waals surface area contributed by atoms with Crippen molar-refractivity contribution in [3.63, 3.8) is 0 Å². The quantitative estimate of drug-likeness (QED) is 0.187. The van der Waals surface area contributed by atoms with Crippen LogP contribution < -0.4 is 0 Å². The number of nitrogens with zero attached hydrogens (tertiary/aromatic N) is 3. The zero-order valence-electron chi connectivity index (χ0n) is 29.1. The molecule has 6 heterocycles. The lowest BCUT2D eigenvalue weighted by atomic mass is 9.85. The summed E-state index contributed by atoms with van der Waals surface area (Å²) < 4.78 is 0. The van der Waals surface area contributed by atoms with Crippen molar-refractivity contribution < 1.29 is 39.0 Å². The van der Waals surface area contributed by atoms with Gasteiger partial charge in [0.15, 0.2) is 0 Å². The molecule has 264 valence electrons. The van der Waals surface area contributed by atoms with Gasteiger partial charge in [-0.2, -0.15) is 0 Å². The van der Waals surface area contributed by atoms with Crippen LogP contribution in [0.25, 0.3) is 33.2 Å². The number of rotatable bonds is 9. The van der Waals surface area contributed by atoms with Crippen molar-refractivity contribution in [2.75, 3.05) is 0 Å². The molecule has 3 aromatic rings. The summed E-state index contributed by atoms with van der Waals surface area (Å²) in [5, 5.41) is 21.2. The average Bonchev–Trinajstić information content (AvgIpc) is 3.83. The van der Waals surface area contributed by atoms with Crippen LogP contribution in [0, 0.1) is 13.8 Å². The molecular weight excluding hydrogens is 654 g/mol. The van der Waals surface area contributed by atoms with Gasteiger partial charge in [0.25, 0.3) is 11.8 Å². The van der Waals surface area contributed by atoms with Crippen LogP contribution in [0.1, 0.15) is 114 Å². The molecule has 0 radical (unpaired) electrons. The molecule has 0 aliphatic carbocycles. The summed E-state index contributed by atoms with van der Waals surface area (Å²) in [7, 11) is 0. The van der Waals surface area contributed by atoms with Crippen LogP contribution >= 0.6 is 0 Å². The molecule has 1 unspecified atom stereocenters. The lowest BCUT2D eigenvalue weighted by Gasteiger charge is -2.18. The van der Waals surface area contributed by atoms with Crippen LogP contribution in [0.3, 0.4) is 0 Å². The predicted octanol–water partition coefficient (Wildman–Crippen LogP) is 6.21. The first-order chi connectivity index (χ1) is 24.2. The predicted molar refractivity (Wildman–Crippen MR) is 188 cm³/mol. The number of carbonyl (C=O) groups excluding carboxylic acids is 3. The number of carboxylic acids is 2. The first-order valence-corrected chi connectivity index (χ1v) is 16.8. The fraction of sp³-hybridized carbons (Fsp3) is 0.342. The number of aromatic nitrogens is 4. The van der Waals surface area contributed by atoms with Crippen molar-refractivity contribution in [1.82, 2.24) is 25.0 Å². The van der Waals surface area contributed by atoms with Crippen molar-refractivity contribution in [2.24, 2.45) is 0 Å². The molecule has 2 atom stereocenters. The molecule has 1 saturated heterocycles. The zero-order chi connectivity index (χ0) is 36.9. The van der Waals surface area contributed by atoms with Gasteiger partial charge in [0, 0.05) is 64.5 Å². The smallest absolute Gasteiger partial charge is 0.338 e. The van der Waals surface area contributed by atoms with Gasteiger partial charge in [0.1, 0.15) is 0 Å². The number of allylic oxidation sites excluding steroid dienone is 3. The zero-order valence-corrected chi connectivity index (χ0v) is 29.1. The normalized spacial score (nSPS) is 17.3. The number of hydroxylamine groups is 2. The van der Waals surface area contributed by atoms with Gasteiger partial charge in [0.05, 0.1) is 34.6 Å². The highest BCUT2D eigenvalue weighted by molar-refractivity contribution is 6.03. The van der Waals surface area contributed by atoms with Gasteiger partial charge >= 0.3 is 17.9 Å². The lowest BCUT2D eigenvalue weighted by molar-refractivity contribution is -0.197. The van der Waals surface area contributed by atoms with Crippen LogP contribution in [0.2, 0.25) is 0 Å². The van der Waals surface area contributed by atoms with Crippen LogP contribution in [0.5, 0.6) is 0 Å². The number of imide groups is 1. The van der Waals surface area contributed by atoms with Gasteiger partial charge < -0.3 is 25.0 Å². The highest BCUT2D eigenvalue weighted by atomic mass is 16.7. The van der Waals surface area contributed by atoms with Crippen LogP contribution in [-0.2, 0) is 36.9 Å². The summed E-state index contributed by atoms with van der Waals surface area (Å²) in [4.78, 5) is 84.2. The van der Waals surface area contributed by atoms with E-state index in [2.05, 4.69) is 16.5 Å². The number of H-pyrrole nitrogens is 2. The van der Waals surface area contributed by atoms with Gasteiger partial charge in [0.2, 0.25) is 0 Å². The van der Waals surface area contributed by atoms with E-state index in [0.29, 0.717) is 45.3 Å². The third-order valence-corrected chi connectivity index (χ3v) is 10.1. The van der Waals surface area contributed by atoms with Gasteiger partial charge in [-0.1, -0.05) is 26.5 Å². The van der Waals surface area contributed by atoms with Gasteiger partial charge in [-0.25, -0.2) is 14.6 Å². The fourth-order valence-electron chi connectivity index (χ4n) is 7.33. The second kappa shape index (κ2) is 13.5. The SMILES string of the molecule is C=CC1=C(C)c2cc3nc(c(CC(=O)O)c4[nH]c(cc5[nH]c(cc1n2)c(C)c5CC)c(C)c4C(=O)O)C(CCC(=O)ON1C(=O)CCC1=O)[C@@H]3C. The minimum absolute atomic E-state index is 0.0440. The summed E-state index contributed by atoms with van der Waals surface area (Å²) in [6.45, 7) is 13.6. The number of hydrogen-bond donors (Lipinski definition) is 4. The Hall–Kier alpha value is -5.85. The Kier molecular flexibility index (Phi) is 9.24. The van der Waals surface area contributed by atoms with E-state index in [-0.39, 0.29) is 48.2 Å². The maximum atomic E-state index is 13.0. The number of carbonyl (C=O) groups is 5. The van der Waals surface area contributed by atoms with Crippen molar-refractivity contribution in [3.8, 4) is 0 Å². The first kappa shape index (κ1) is 35.0. The summed E-state index contributed by atoms with van der Waals surface area (Å²) in [6, 6.07) is 5.63. The molecule has 0 aromatic carbocycles. The number of fused-ring (bicyclic) bond motifs is 8. The molecule has 1 fully saturated rings. The summed E-state index contributed by atoms with van der Waals surface area (Å²) in [5.41, 5.74) is 8.66. The van der Waals surface area contributed by atoms with Gasteiger partial charge in [-0.05, 0) is 74.1 Å². The third-order valence-electron chi connectivity index (χ3n) is 10.1. The second-order valence-corrected chi connectivity index (χ2v) is 13.1. The molecule has 0 saturated carbocycles. The standard InChI is InChI=1S/C38H39N5O8/c1-7-21-17(3)25-14-27-19(5)23(9-12-34(48)51-43-31(44)10-11-32(43)45)36(41-27)24(13-33(46)47)37-35(38(49)50)20(6)28(42-37)16-30-22(8-2)18(4)26(40-30)15-29(21)39-25/h7,14-16,19,23,40,42H,1,8-13H2,2-6H3,(H,46,47)(H,49,50)/t19-,23?/m0/s1. The van der Waals surface area contributed by atoms with E-state index in [9.17, 15) is 34.2 Å². The van der Waals surface area contributed by atoms with Crippen LogP contribution in [0.4, 0.5) is 0 Å². The minimum Gasteiger partial charge on any atom is -0.481 e. The third kappa shape index (κ3) is 6.24. The van der Waals surface area contributed by atoms with E-state index in [0.717, 1.165) is 33.3 Å². The molecule has 3 aliphatic rings. The van der Waals surface area contributed by atoms with E-state index < -0.39 is 42.1 Å². The molecular formula is C38H39N5O8. The molecule has 51 heavy (non-hydrogen) atoms. The van der Waals surface area contributed by atoms with Gasteiger partial charge in [-0.15, -0.1) is 5.06 Å². The van der Waals surface area contributed by atoms with E-state index in [1.165, 1.54) is 0 Å². The van der Waals surface area contributed by atoms with Gasteiger partial charge in [-0.3, -0.25) is 19.4 Å². The van der Waals surface area contributed by atoms with Crippen LogP contribution in [-0.4, -0.2) is 64.9 Å². The Labute approximate surface area is 293 Å². The maximum Gasteiger partial charge on any atom is 0.338 e. The van der Waals surface area contributed by atoms with Crippen molar-refractivity contribution in [3.05, 3.63) is 81.4 Å². The highest BCUT2D eigenvalue weighted by Crippen LogP contribution is 2.43. The molecule has 3 aromatic heterocycles. The van der Waals surface area contributed by atoms with E-state index in [4.69, 9.17) is 14.8 Å². The van der Waals surface area contributed by atoms with Crippen molar-refractivity contribution in [1.29, 1.82) is 0 Å². The summed E-state index contributed by atoms with van der Waals surface area (Å²) >= 11 is 0. The summed E-state index contributed by atoms with van der Waals surface area (Å²) in [6.07, 6.45) is 1.67. The molecule has 8 bridgehead atoms. The minimum atomic E-state index is -1.24. The van der Waals surface area contributed by atoms with E-state index in [1.54, 1.807) is 13.0 Å². The highest BCUT2D eigenvalue weighted by Gasteiger charge is 2.36. The van der Waals surface area contributed by atoms with E-state index >= 15 is 0 Å². The lowest BCUT2D eigenvalue weighted by Crippen LogP contribution is -2.32. The molecule has 2 amide bonds. The summed E-state index contributed by atoms with van der Waals surface area (Å²) in [5.74, 6) is -5.41. The number of carboxylic acid groups (broad SMARTS) is 2. The number of aromatic carboxylic acids is 1. The monoisotopic (exact) mass is 693 g/mol. The fourth-order valence-corrected chi connectivity index (χ4v) is 7.33. The number of nitrogens with one attached hydrogen (secondary N) is 2. The number of aliphatic carboxylic acids is 1. The number of aryl methyl sites for hydroxylation is 3.